The number of hydrogen-bond acceptors (Lipinski definition) is 3. The molecule has 0 saturated carbocycles. The minimum Gasteiger partial charge on any atom is -0.481 e. The third kappa shape index (κ3) is 8.19. The van der Waals surface area contributed by atoms with Crippen LogP contribution in [0, 0.1) is 5.92 Å². The first-order chi connectivity index (χ1) is 15.2. The second-order valence-electron chi connectivity index (χ2n) is 8.42. The molecule has 1 fully saturated rings. The number of carbonyl (C=O) groups excluding carboxylic acids is 1. The number of aliphatic carboxylic acids is 1. The van der Waals surface area contributed by atoms with E-state index in [4.69, 9.17) is 5.11 Å². The van der Waals surface area contributed by atoms with Crippen molar-refractivity contribution in [3.05, 3.63) is 60.2 Å². The zero-order valence-corrected chi connectivity index (χ0v) is 18.5. The summed E-state index contributed by atoms with van der Waals surface area (Å²) in [4.78, 5) is 23.7. The Hall–Kier alpha value is -2.54. The number of unbranched alkanes of at least 4 members (excludes halogenated alkanes) is 1. The number of allylic oxidation sites excluding steroid dienone is 1. The monoisotopic (exact) mass is 449 g/mol. The van der Waals surface area contributed by atoms with Gasteiger partial charge in [0.25, 0.3) is 5.91 Å². The van der Waals surface area contributed by atoms with Gasteiger partial charge in [-0.2, -0.15) is 8.78 Å². The molecule has 1 saturated heterocycles. The number of benzene rings is 1. The Balaban J connectivity index is 1.85. The van der Waals surface area contributed by atoms with Crippen LogP contribution in [0.1, 0.15) is 51.0 Å². The Morgan fingerprint density at radius 1 is 1.25 bits per heavy atom. The molecule has 2 N–H and O–H groups in total. The molecule has 2 rings (SSSR count). The van der Waals surface area contributed by atoms with Crippen molar-refractivity contribution in [2.45, 2.75) is 69.9 Å². The second kappa shape index (κ2) is 12.5. The molecule has 0 aliphatic carbocycles. The van der Waals surface area contributed by atoms with Crippen LogP contribution in [0.4, 0.5) is 8.78 Å². The highest BCUT2D eigenvalue weighted by Gasteiger charge is 2.52. The van der Waals surface area contributed by atoms with Gasteiger partial charge in [0.15, 0.2) is 0 Å². The highest BCUT2D eigenvalue weighted by Crippen LogP contribution is 2.34. The molecule has 3 atom stereocenters. The zero-order valence-electron chi connectivity index (χ0n) is 18.5. The summed E-state index contributed by atoms with van der Waals surface area (Å²) in [6.45, 7) is 1.95. The second-order valence-corrected chi connectivity index (χ2v) is 8.42. The van der Waals surface area contributed by atoms with E-state index in [2.05, 4.69) is 12.1 Å². The van der Waals surface area contributed by atoms with E-state index in [0.29, 0.717) is 12.8 Å². The Bertz CT molecular complexity index is 794. The number of aliphatic hydroxyl groups excluding tert-OH is 1. The largest absolute Gasteiger partial charge is 0.481 e. The van der Waals surface area contributed by atoms with Gasteiger partial charge in [0.05, 0.1) is 12.1 Å². The predicted molar refractivity (Wildman–Crippen MR) is 119 cm³/mol. The fraction of sp³-hybridized carbons (Fsp3) is 0.520. The van der Waals surface area contributed by atoms with E-state index in [9.17, 15) is 23.5 Å². The SMILES string of the molecule is C[C@@H](CCCc1ccccc1)[C@H](O)/C=C/[C@H]1CC(F)(F)C(=O)N1C/C=C\CCCC(=O)O. The number of aryl methyl sites for hydroxylation is 1. The molecule has 1 heterocycles. The number of carboxylic acids is 1. The molecule has 1 aliphatic rings. The quantitative estimate of drug-likeness (QED) is 0.341. The van der Waals surface area contributed by atoms with Gasteiger partial charge in [0.2, 0.25) is 0 Å². The Morgan fingerprint density at radius 3 is 2.66 bits per heavy atom. The molecule has 0 radical (unpaired) electrons. The number of aliphatic hydroxyl groups is 1. The van der Waals surface area contributed by atoms with Gasteiger partial charge in [-0.1, -0.05) is 61.6 Å². The minimum atomic E-state index is -3.42. The highest BCUT2D eigenvalue weighted by atomic mass is 19.3. The topological polar surface area (TPSA) is 77.8 Å². The van der Waals surface area contributed by atoms with Crippen molar-refractivity contribution < 1.29 is 28.6 Å². The summed E-state index contributed by atoms with van der Waals surface area (Å²) in [7, 11) is 0. The van der Waals surface area contributed by atoms with Gasteiger partial charge in [-0.15, -0.1) is 0 Å². The molecule has 0 bridgehead atoms. The van der Waals surface area contributed by atoms with Crippen LogP contribution in [-0.2, 0) is 16.0 Å². The summed E-state index contributed by atoms with van der Waals surface area (Å²) in [6.07, 6.45) is 8.59. The number of hydrogen-bond donors (Lipinski definition) is 2. The predicted octanol–water partition coefficient (Wildman–Crippen LogP) is 4.61. The molecule has 1 amide bonds. The van der Waals surface area contributed by atoms with Crippen LogP contribution < -0.4 is 0 Å². The number of halogens is 2. The molecule has 32 heavy (non-hydrogen) atoms. The van der Waals surface area contributed by atoms with Gasteiger partial charge < -0.3 is 15.1 Å². The molecule has 7 heteroatoms. The minimum absolute atomic E-state index is 0.0270. The van der Waals surface area contributed by atoms with Crippen molar-refractivity contribution in [3.63, 3.8) is 0 Å². The fourth-order valence-corrected chi connectivity index (χ4v) is 3.76. The summed E-state index contributed by atoms with van der Waals surface area (Å²) < 4.78 is 28.0. The number of rotatable bonds is 13. The first-order valence-electron chi connectivity index (χ1n) is 11.2. The summed E-state index contributed by atoms with van der Waals surface area (Å²) in [6, 6.07) is 9.29. The van der Waals surface area contributed by atoms with Crippen LogP contribution in [0.3, 0.4) is 0 Å². The maximum Gasteiger partial charge on any atom is 0.327 e. The van der Waals surface area contributed by atoms with E-state index in [-0.39, 0.29) is 18.9 Å². The number of likely N-dealkylation sites (tertiary alicyclic amines) is 1. The van der Waals surface area contributed by atoms with Gasteiger partial charge in [0.1, 0.15) is 0 Å². The Labute approximate surface area is 188 Å². The third-order valence-corrected chi connectivity index (χ3v) is 5.75. The van der Waals surface area contributed by atoms with Gasteiger partial charge in [-0.3, -0.25) is 9.59 Å². The maximum atomic E-state index is 14.0. The van der Waals surface area contributed by atoms with Gasteiger partial charge in [-0.25, -0.2) is 0 Å². The molecular formula is C25H33F2NO4. The molecule has 1 aromatic rings. The molecule has 0 spiro atoms. The van der Waals surface area contributed by atoms with Crippen molar-refractivity contribution in [1.29, 1.82) is 0 Å². The Kier molecular flexibility index (Phi) is 10.0. The van der Waals surface area contributed by atoms with Crippen molar-refractivity contribution in [3.8, 4) is 0 Å². The molecule has 1 aromatic carbocycles. The lowest BCUT2D eigenvalue weighted by Crippen LogP contribution is -2.36. The first-order valence-corrected chi connectivity index (χ1v) is 11.2. The molecule has 0 unspecified atom stereocenters. The van der Waals surface area contributed by atoms with Crippen LogP contribution in [0.15, 0.2) is 54.6 Å². The zero-order chi connectivity index (χ0) is 23.6. The maximum absolute atomic E-state index is 14.0. The lowest BCUT2D eigenvalue weighted by Gasteiger charge is -2.21. The summed E-state index contributed by atoms with van der Waals surface area (Å²) in [5, 5.41) is 19.1. The van der Waals surface area contributed by atoms with Crippen LogP contribution >= 0.6 is 0 Å². The average molecular weight is 450 g/mol. The highest BCUT2D eigenvalue weighted by molar-refractivity contribution is 5.86. The summed E-state index contributed by atoms with van der Waals surface area (Å²) in [5.74, 6) is -5.55. The van der Waals surface area contributed by atoms with E-state index >= 15 is 0 Å². The molecule has 176 valence electrons. The molecule has 0 aromatic heterocycles. The van der Waals surface area contributed by atoms with Gasteiger partial charge in [0, 0.05) is 19.4 Å². The van der Waals surface area contributed by atoms with Crippen molar-refractivity contribution in [2.24, 2.45) is 5.92 Å². The van der Waals surface area contributed by atoms with Gasteiger partial charge in [-0.05, 0) is 43.6 Å². The summed E-state index contributed by atoms with van der Waals surface area (Å²) >= 11 is 0. The summed E-state index contributed by atoms with van der Waals surface area (Å²) in [5.41, 5.74) is 1.24. The number of alkyl halides is 2. The van der Waals surface area contributed by atoms with Crippen LogP contribution in [-0.4, -0.2) is 51.6 Å². The lowest BCUT2D eigenvalue weighted by molar-refractivity contribution is -0.147. The molecular weight excluding hydrogens is 416 g/mol. The van der Waals surface area contributed by atoms with E-state index in [1.165, 1.54) is 17.7 Å². The van der Waals surface area contributed by atoms with Crippen molar-refractivity contribution >= 4 is 11.9 Å². The number of nitrogens with zero attached hydrogens (tertiary/aromatic N) is 1. The van der Waals surface area contributed by atoms with Crippen molar-refractivity contribution in [1.82, 2.24) is 4.90 Å². The molecule has 5 nitrogen and oxygen atoms in total. The fourth-order valence-electron chi connectivity index (χ4n) is 3.76. The standard InChI is InChI=1S/C25H33F2NO4/c1-19(10-9-13-20-11-5-4-6-12-20)22(29)16-15-21-18-25(26,27)24(32)28(21)17-8-3-2-7-14-23(30)31/h3-6,8,11-12,15-16,19,21-22,29H,2,7,9-10,13-14,17-18H2,1H3,(H,30,31)/b8-3-,16-15+/t19-,21-,22+/m0/s1. The van der Waals surface area contributed by atoms with E-state index in [1.807, 2.05) is 25.1 Å². The van der Waals surface area contributed by atoms with Crippen LogP contribution in [0.5, 0.6) is 0 Å². The van der Waals surface area contributed by atoms with E-state index in [0.717, 1.165) is 24.2 Å². The number of amides is 1. The van der Waals surface area contributed by atoms with Crippen LogP contribution in [0.25, 0.3) is 0 Å². The number of carboxylic acid groups (broad SMARTS) is 1. The van der Waals surface area contributed by atoms with E-state index in [1.54, 1.807) is 12.2 Å². The third-order valence-electron chi connectivity index (χ3n) is 5.75. The van der Waals surface area contributed by atoms with Gasteiger partial charge >= 0.3 is 11.9 Å². The van der Waals surface area contributed by atoms with Crippen LogP contribution in [0.2, 0.25) is 0 Å². The molecule has 1 aliphatic heterocycles. The normalized spacial score (nSPS) is 20.3. The lowest BCUT2D eigenvalue weighted by atomic mass is 9.95. The number of carbonyl (C=O) groups is 2. The smallest absolute Gasteiger partial charge is 0.327 e. The average Bonchev–Trinajstić information content (AvgIpc) is 2.97. The van der Waals surface area contributed by atoms with E-state index < -0.39 is 36.4 Å². The first kappa shape index (κ1) is 25.7. The Morgan fingerprint density at radius 2 is 1.97 bits per heavy atom. The van der Waals surface area contributed by atoms with Crippen molar-refractivity contribution in [2.75, 3.05) is 6.54 Å².